The molecule has 1 saturated carbocycles. The van der Waals surface area contributed by atoms with E-state index in [0.717, 1.165) is 22.8 Å². The van der Waals surface area contributed by atoms with E-state index in [2.05, 4.69) is 45.3 Å². The molecule has 1 aliphatic rings. The van der Waals surface area contributed by atoms with Crippen LogP contribution >= 0.6 is 11.3 Å². The highest BCUT2D eigenvalue weighted by Crippen LogP contribution is 2.29. The number of anilines is 1. The molecule has 21 heavy (non-hydrogen) atoms. The molecule has 0 atom stereocenters. The Hall–Kier alpha value is -1.88. The summed E-state index contributed by atoms with van der Waals surface area (Å²) in [5, 5.41) is 9.34. The van der Waals surface area contributed by atoms with Gasteiger partial charge in [-0.05, 0) is 24.8 Å². The maximum atomic E-state index is 10.8. The average Bonchev–Trinajstić information content (AvgIpc) is 3.15. The van der Waals surface area contributed by atoms with Crippen molar-refractivity contribution in [2.24, 2.45) is 0 Å². The minimum absolute atomic E-state index is 0.0183. The molecule has 1 aromatic carbocycles. The van der Waals surface area contributed by atoms with Crippen LogP contribution < -0.4 is 10.6 Å². The van der Waals surface area contributed by atoms with Gasteiger partial charge < -0.3 is 10.6 Å². The van der Waals surface area contributed by atoms with Gasteiger partial charge in [-0.3, -0.25) is 4.79 Å². The first-order valence-electron chi connectivity index (χ1n) is 7.26. The van der Waals surface area contributed by atoms with Crippen LogP contribution in [0.2, 0.25) is 0 Å². The van der Waals surface area contributed by atoms with E-state index in [1.165, 1.54) is 18.4 Å². The number of hydrogen-bond donors (Lipinski definition) is 2. The quantitative estimate of drug-likeness (QED) is 0.862. The molecule has 0 unspecified atom stereocenters. The van der Waals surface area contributed by atoms with Crippen LogP contribution in [0.25, 0.3) is 11.3 Å². The summed E-state index contributed by atoms with van der Waals surface area (Å²) in [5.41, 5.74) is 3.38. The van der Waals surface area contributed by atoms with Crippen LogP contribution in [0.5, 0.6) is 0 Å². The van der Waals surface area contributed by atoms with E-state index in [9.17, 15) is 4.79 Å². The summed E-state index contributed by atoms with van der Waals surface area (Å²) >= 11 is 1.66. The maximum Gasteiger partial charge on any atom is 0.216 e. The van der Waals surface area contributed by atoms with Crippen molar-refractivity contribution in [2.75, 3.05) is 11.9 Å². The molecule has 1 aromatic heterocycles. The molecule has 4 nitrogen and oxygen atoms in total. The Bertz CT molecular complexity index is 617. The number of carbonyl (C=O) groups excluding carboxylic acids is 1. The highest BCUT2D eigenvalue weighted by Gasteiger charge is 2.22. The Morgan fingerprint density at radius 2 is 2.10 bits per heavy atom. The molecule has 5 heteroatoms. The standard InChI is InChI=1S/C16H19N3OS/c1-11(20)17-9-8-12-2-4-13(5-3-12)15-10-21-16(19-15)18-14-6-7-14/h2-5,10,14H,6-9H2,1H3,(H,17,20)(H,18,19). The van der Waals surface area contributed by atoms with Gasteiger partial charge in [0.25, 0.3) is 0 Å². The fourth-order valence-corrected chi connectivity index (χ4v) is 2.90. The van der Waals surface area contributed by atoms with Crippen molar-refractivity contribution in [3.05, 3.63) is 35.2 Å². The minimum atomic E-state index is 0.0183. The van der Waals surface area contributed by atoms with Crippen LogP contribution in [-0.4, -0.2) is 23.5 Å². The summed E-state index contributed by atoms with van der Waals surface area (Å²) in [7, 11) is 0. The van der Waals surface area contributed by atoms with Gasteiger partial charge in [-0.2, -0.15) is 0 Å². The van der Waals surface area contributed by atoms with E-state index in [1.54, 1.807) is 18.3 Å². The number of amides is 1. The topological polar surface area (TPSA) is 54.0 Å². The Kier molecular flexibility index (Phi) is 4.20. The third kappa shape index (κ3) is 4.04. The lowest BCUT2D eigenvalue weighted by atomic mass is 10.1. The molecule has 0 aliphatic heterocycles. The van der Waals surface area contributed by atoms with Crippen molar-refractivity contribution in [1.29, 1.82) is 0 Å². The van der Waals surface area contributed by atoms with Crippen LogP contribution in [-0.2, 0) is 11.2 Å². The SMILES string of the molecule is CC(=O)NCCc1ccc(-c2csc(NC3CC3)n2)cc1. The van der Waals surface area contributed by atoms with E-state index in [-0.39, 0.29) is 5.91 Å². The molecule has 0 bridgehead atoms. The number of nitrogens with one attached hydrogen (secondary N) is 2. The largest absolute Gasteiger partial charge is 0.359 e. The van der Waals surface area contributed by atoms with Gasteiger partial charge in [0, 0.05) is 30.5 Å². The third-order valence-corrected chi connectivity index (χ3v) is 4.22. The number of aromatic nitrogens is 1. The summed E-state index contributed by atoms with van der Waals surface area (Å²) in [6.07, 6.45) is 3.38. The van der Waals surface area contributed by atoms with Crippen molar-refractivity contribution in [1.82, 2.24) is 10.3 Å². The summed E-state index contributed by atoms with van der Waals surface area (Å²) in [6, 6.07) is 9.03. The average molecular weight is 301 g/mol. The number of carbonyl (C=O) groups is 1. The van der Waals surface area contributed by atoms with Crippen molar-refractivity contribution in [3.8, 4) is 11.3 Å². The predicted octanol–water partition coefficient (Wildman–Crippen LogP) is 3.06. The van der Waals surface area contributed by atoms with Crippen molar-refractivity contribution in [3.63, 3.8) is 0 Å². The lowest BCUT2D eigenvalue weighted by Crippen LogP contribution is -2.22. The van der Waals surface area contributed by atoms with Gasteiger partial charge in [0.15, 0.2) is 5.13 Å². The number of nitrogens with zero attached hydrogens (tertiary/aromatic N) is 1. The number of benzene rings is 1. The Morgan fingerprint density at radius 1 is 1.33 bits per heavy atom. The highest BCUT2D eigenvalue weighted by molar-refractivity contribution is 7.14. The predicted molar refractivity (Wildman–Crippen MR) is 86.6 cm³/mol. The van der Waals surface area contributed by atoms with E-state index < -0.39 is 0 Å². The monoisotopic (exact) mass is 301 g/mol. The third-order valence-electron chi connectivity index (χ3n) is 3.45. The zero-order chi connectivity index (χ0) is 14.7. The first-order chi connectivity index (χ1) is 10.2. The van der Waals surface area contributed by atoms with Crippen molar-refractivity contribution in [2.45, 2.75) is 32.2 Å². The molecular formula is C16H19N3OS. The molecule has 1 aliphatic carbocycles. The summed E-state index contributed by atoms with van der Waals surface area (Å²) in [5.74, 6) is 0.0183. The molecule has 110 valence electrons. The van der Waals surface area contributed by atoms with Crippen LogP contribution in [0.3, 0.4) is 0 Å². The van der Waals surface area contributed by atoms with Gasteiger partial charge in [-0.25, -0.2) is 4.98 Å². The van der Waals surface area contributed by atoms with Gasteiger partial charge in [0.1, 0.15) is 0 Å². The van der Waals surface area contributed by atoms with Gasteiger partial charge >= 0.3 is 0 Å². The molecule has 3 rings (SSSR count). The second kappa shape index (κ2) is 6.26. The Morgan fingerprint density at radius 3 is 2.76 bits per heavy atom. The number of hydrogen-bond acceptors (Lipinski definition) is 4. The first kappa shape index (κ1) is 14.1. The molecule has 0 saturated heterocycles. The number of thiazole rings is 1. The van der Waals surface area contributed by atoms with Gasteiger partial charge in [0.05, 0.1) is 5.69 Å². The molecule has 2 aromatic rings. The minimum Gasteiger partial charge on any atom is -0.359 e. The maximum absolute atomic E-state index is 10.8. The van der Waals surface area contributed by atoms with Crippen molar-refractivity contribution >= 4 is 22.4 Å². The molecule has 1 heterocycles. The zero-order valence-electron chi connectivity index (χ0n) is 12.1. The van der Waals surface area contributed by atoms with Crippen LogP contribution in [0.4, 0.5) is 5.13 Å². The Labute approximate surface area is 128 Å². The Balaban J connectivity index is 1.60. The molecule has 1 amide bonds. The van der Waals surface area contributed by atoms with Gasteiger partial charge in [-0.1, -0.05) is 24.3 Å². The van der Waals surface area contributed by atoms with Gasteiger partial charge in [0.2, 0.25) is 5.91 Å². The lowest BCUT2D eigenvalue weighted by Gasteiger charge is -2.04. The first-order valence-corrected chi connectivity index (χ1v) is 8.14. The molecule has 0 radical (unpaired) electrons. The second-order valence-corrected chi connectivity index (χ2v) is 6.24. The summed E-state index contributed by atoms with van der Waals surface area (Å²) in [4.78, 5) is 15.5. The fraction of sp³-hybridized carbons (Fsp3) is 0.375. The fourth-order valence-electron chi connectivity index (χ4n) is 2.10. The number of rotatable bonds is 6. The van der Waals surface area contributed by atoms with E-state index in [1.807, 2.05) is 0 Å². The van der Waals surface area contributed by atoms with Crippen LogP contribution in [0.15, 0.2) is 29.6 Å². The van der Waals surface area contributed by atoms with E-state index >= 15 is 0 Å². The second-order valence-electron chi connectivity index (χ2n) is 5.39. The summed E-state index contributed by atoms with van der Waals surface area (Å²) in [6.45, 7) is 2.22. The molecular weight excluding hydrogens is 282 g/mol. The molecule has 0 spiro atoms. The van der Waals surface area contributed by atoms with E-state index in [4.69, 9.17) is 0 Å². The molecule has 2 N–H and O–H groups in total. The highest BCUT2D eigenvalue weighted by atomic mass is 32.1. The van der Waals surface area contributed by atoms with E-state index in [0.29, 0.717) is 12.6 Å². The van der Waals surface area contributed by atoms with Gasteiger partial charge in [-0.15, -0.1) is 11.3 Å². The lowest BCUT2D eigenvalue weighted by molar-refractivity contribution is -0.118. The van der Waals surface area contributed by atoms with Crippen LogP contribution in [0, 0.1) is 0 Å². The smallest absolute Gasteiger partial charge is 0.216 e. The summed E-state index contributed by atoms with van der Waals surface area (Å²) < 4.78 is 0. The van der Waals surface area contributed by atoms with Crippen molar-refractivity contribution < 1.29 is 4.79 Å². The molecule has 1 fully saturated rings. The van der Waals surface area contributed by atoms with Crippen LogP contribution in [0.1, 0.15) is 25.3 Å². The normalized spacial score (nSPS) is 14.0. The zero-order valence-corrected chi connectivity index (χ0v) is 12.9.